The molecule has 0 radical (unpaired) electrons. The van der Waals surface area contributed by atoms with E-state index in [0.29, 0.717) is 0 Å². The van der Waals surface area contributed by atoms with Gasteiger partial charge in [0.05, 0.1) is 0 Å². The predicted molar refractivity (Wildman–Crippen MR) is 62.1 cm³/mol. The van der Waals surface area contributed by atoms with E-state index in [1.165, 1.54) is 18.2 Å². The number of fused-ring (bicyclic) bond motifs is 1. The molecule has 0 fully saturated rings. The quantitative estimate of drug-likeness (QED) is 0.832. The Bertz CT molecular complexity index is 404. The van der Waals surface area contributed by atoms with E-state index < -0.39 is 0 Å². The topological polar surface area (TPSA) is 41.6 Å². The van der Waals surface area contributed by atoms with Gasteiger partial charge < -0.3 is 10.1 Å². The number of nitrogens with zero attached hydrogens (tertiary/aromatic N) is 1. The van der Waals surface area contributed by atoms with Crippen LogP contribution in [0.25, 0.3) is 0 Å². The highest BCUT2D eigenvalue weighted by atomic mass is 16.5. The summed E-state index contributed by atoms with van der Waals surface area (Å²) in [5, 5.41) is 2.80. The maximum atomic E-state index is 11.3. The molecule has 1 aromatic carbocycles. The summed E-state index contributed by atoms with van der Waals surface area (Å²) in [5.41, 5.74) is 3.47. The number of amides is 1. The Hall–Kier alpha value is -1.39. The molecule has 0 unspecified atom stereocenters. The van der Waals surface area contributed by atoms with Crippen LogP contribution in [0.1, 0.15) is 11.1 Å². The zero-order valence-corrected chi connectivity index (χ0v) is 9.62. The minimum atomic E-state index is -0.117. The molecule has 16 heavy (non-hydrogen) atoms. The van der Waals surface area contributed by atoms with Gasteiger partial charge in [-0.25, -0.2) is 0 Å². The van der Waals surface area contributed by atoms with Crippen LogP contribution >= 0.6 is 0 Å². The largest absolute Gasteiger partial charge is 0.375 e. The van der Waals surface area contributed by atoms with Gasteiger partial charge >= 0.3 is 0 Å². The van der Waals surface area contributed by atoms with Crippen molar-refractivity contribution >= 4 is 11.6 Å². The maximum Gasteiger partial charge on any atom is 0.250 e. The van der Waals surface area contributed by atoms with E-state index in [1.807, 2.05) is 12.1 Å². The van der Waals surface area contributed by atoms with Crippen LogP contribution in [0.4, 0.5) is 5.69 Å². The molecule has 0 aliphatic carbocycles. The van der Waals surface area contributed by atoms with Crippen LogP contribution in [0.2, 0.25) is 0 Å². The van der Waals surface area contributed by atoms with Gasteiger partial charge in [0, 0.05) is 25.9 Å². The molecule has 1 amide bonds. The standard InChI is InChI=1S/C12H16N2O2/c1-14-6-9-3-4-11(5-10(9)7-14)13-12(15)8-16-2/h3-5H,6-8H2,1-2H3,(H,13,15). The molecule has 0 aromatic heterocycles. The summed E-state index contributed by atoms with van der Waals surface area (Å²) in [6.07, 6.45) is 0. The first kappa shape index (κ1) is 11.1. The second kappa shape index (κ2) is 4.63. The summed E-state index contributed by atoms with van der Waals surface area (Å²) in [6.45, 7) is 2.03. The molecule has 4 nitrogen and oxygen atoms in total. The number of rotatable bonds is 3. The minimum Gasteiger partial charge on any atom is -0.375 e. The van der Waals surface area contributed by atoms with Gasteiger partial charge in [0.2, 0.25) is 5.91 Å². The number of methoxy groups -OCH3 is 1. The highest BCUT2D eigenvalue weighted by molar-refractivity contribution is 5.91. The summed E-state index contributed by atoms with van der Waals surface area (Å²) >= 11 is 0. The fourth-order valence-electron chi connectivity index (χ4n) is 1.97. The van der Waals surface area contributed by atoms with Crippen molar-refractivity contribution in [2.45, 2.75) is 13.1 Å². The van der Waals surface area contributed by atoms with Gasteiger partial charge in [-0.15, -0.1) is 0 Å². The molecule has 0 bridgehead atoms. The van der Waals surface area contributed by atoms with E-state index in [4.69, 9.17) is 4.74 Å². The van der Waals surface area contributed by atoms with Gasteiger partial charge in [-0.1, -0.05) is 6.07 Å². The van der Waals surface area contributed by atoms with Crippen LogP contribution < -0.4 is 5.32 Å². The lowest BCUT2D eigenvalue weighted by molar-refractivity contribution is -0.119. The van der Waals surface area contributed by atoms with Crippen molar-refractivity contribution in [1.82, 2.24) is 4.90 Å². The maximum absolute atomic E-state index is 11.3. The predicted octanol–water partition coefficient (Wildman–Crippen LogP) is 1.22. The molecule has 1 N–H and O–H groups in total. The second-order valence-electron chi connectivity index (χ2n) is 4.14. The molecule has 1 aliphatic rings. The summed E-state index contributed by atoms with van der Waals surface area (Å²) in [6, 6.07) is 6.04. The summed E-state index contributed by atoms with van der Waals surface area (Å²) in [5.74, 6) is -0.117. The Morgan fingerprint density at radius 2 is 2.19 bits per heavy atom. The minimum absolute atomic E-state index is 0.0942. The Balaban J connectivity index is 2.08. The van der Waals surface area contributed by atoms with Crippen LogP contribution in [0.5, 0.6) is 0 Å². The SMILES string of the molecule is COCC(=O)Nc1ccc2c(c1)CN(C)C2. The van der Waals surface area contributed by atoms with Crippen molar-refractivity contribution in [3.8, 4) is 0 Å². The Morgan fingerprint density at radius 3 is 2.94 bits per heavy atom. The lowest BCUT2D eigenvalue weighted by Crippen LogP contribution is -2.17. The van der Waals surface area contributed by atoms with Gasteiger partial charge in [0.25, 0.3) is 0 Å². The van der Waals surface area contributed by atoms with Crippen molar-refractivity contribution in [3.63, 3.8) is 0 Å². The fourth-order valence-corrected chi connectivity index (χ4v) is 1.97. The highest BCUT2D eigenvalue weighted by Crippen LogP contribution is 2.24. The molecule has 2 rings (SSSR count). The summed E-state index contributed by atoms with van der Waals surface area (Å²) in [7, 11) is 3.60. The second-order valence-corrected chi connectivity index (χ2v) is 4.14. The molecule has 4 heteroatoms. The van der Waals surface area contributed by atoms with Crippen molar-refractivity contribution in [1.29, 1.82) is 0 Å². The number of hydrogen-bond donors (Lipinski definition) is 1. The smallest absolute Gasteiger partial charge is 0.250 e. The monoisotopic (exact) mass is 220 g/mol. The fraction of sp³-hybridized carbons (Fsp3) is 0.417. The molecule has 0 saturated heterocycles. The zero-order chi connectivity index (χ0) is 11.5. The first-order valence-electron chi connectivity index (χ1n) is 5.28. The van der Waals surface area contributed by atoms with Crippen molar-refractivity contribution in [2.75, 3.05) is 26.1 Å². The molecule has 1 heterocycles. The van der Waals surface area contributed by atoms with E-state index in [9.17, 15) is 4.79 Å². The van der Waals surface area contributed by atoms with Crippen molar-refractivity contribution < 1.29 is 9.53 Å². The molecule has 1 aliphatic heterocycles. The molecule has 0 spiro atoms. The number of ether oxygens (including phenoxy) is 1. The van der Waals surface area contributed by atoms with E-state index in [1.54, 1.807) is 0 Å². The molecular weight excluding hydrogens is 204 g/mol. The van der Waals surface area contributed by atoms with Crippen LogP contribution in [0.3, 0.4) is 0 Å². The highest BCUT2D eigenvalue weighted by Gasteiger charge is 2.15. The average Bonchev–Trinajstić information content (AvgIpc) is 2.57. The number of carbonyl (C=O) groups is 1. The molecular formula is C12H16N2O2. The molecule has 0 atom stereocenters. The molecule has 1 aromatic rings. The molecule has 0 saturated carbocycles. The van der Waals surface area contributed by atoms with E-state index in [0.717, 1.165) is 18.8 Å². The van der Waals surface area contributed by atoms with Gasteiger partial charge in [0.1, 0.15) is 6.61 Å². The number of nitrogens with one attached hydrogen (secondary N) is 1. The number of benzene rings is 1. The van der Waals surface area contributed by atoms with Gasteiger partial charge in [-0.2, -0.15) is 0 Å². The number of hydrogen-bond acceptors (Lipinski definition) is 3. The number of carbonyl (C=O) groups excluding carboxylic acids is 1. The third-order valence-corrected chi connectivity index (χ3v) is 2.65. The van der Waals surface area contributed by atoms with Gasteiger partial charge in [-0.3, -0.25) is 9.69 Å². The Labute approximate surface area is 95.2 Å². The van der Waals surface area contributed by atoms with Crippen LogP contribution in [0.15, 0.2) is 18.2 Å². The van der Waals surface area contributed by atoms with E-state index in [-0.39, 0.29) is 12.5 Å². The van der Waals surface area contributed by atoms with Crippen molar-refractivity contribution in [2.24, 2.45) is 0 Å². The third-order valence-electron chi connectivity index (χ3n) is 2.65. The lowest BCUT2D eigenvalue weighted by Gasteiger charge is -2.06. The van der Waals surface area contributed by atoms with Crippen LogP contribution in [-0.4, -0.2) is 31.6 Å². The summed E-state index contributed by atoms with van der Waals surface area (Å²) in [4.78, 5) is 13.6. The van der Waals surface area contributed by atoms with Crippen LogP contribution in [-0.2, 0) is 22.6 Å². The first-order valence-corrected chi connectivity index (χ1v) is 5.28. The normalized spacial score (nSPS) is 14.9. The van der Waals surface area contributed by atoms with Crippen LogP contribution in [0, 0.1) is 0 Å². The van der Waals surface area contributed by atoms with E-state index in [2.05, 4.69) is 23.3 Å². The van der Waals surface area contributed by atoms with Gasteiger partial charge in [0.15, 0.2) is 0 Å². The lowest BCUT2D eigenvalue weighted by atomic mass is 10.1. The Kier molecular flexibility index (Phi) is 3.22. The van der Waals surface area contributed by atoms with Crippen molar-refractivity contribution in [3.05, 3.63) is 29.3 Å². The first-order chi connectivity index (χ1) is 7.69. The third kappa shape index (κ3) is 2.40. The average molecular weight is 220 g/mol. The number of anilines is 1. The summed E-state index contributed by atoms with van der Waals surface area (Å²) < 4.78 is 4.77. The van der Waals surface area contributed by atoms with Gasteiger partial charge in [-0.05, 0) is 30.3 Å². The van der Waals surface area contributed by atoms with E-state index >= 15 is 0 Å². The molecule has 86 valence electrons. The Morgan fingerprint density at radius 1 is 1.44 bits per heavy atom. The zero-order valence-electron chi connectivity index (χ0n) is 9.62.